The highest BCUT2D eigenvalue weighted by Gasteiger charge is 2.47. The highest BCUT2D eigenvalue weighted by atomic mass is 35.6. The predicted octanol–water partition coefficient (Wildman–Crippen LogP) is 4.00. The molecule has 0 N–H and O–H groups in total. The SMILES string of the molecule is CN1C[N+]([O-])(c2ccccc2F)/C(=N\C(Cl)C(Cl)C(Cl)(Cl)Cl)C1=O. The molecular formula is C13H11Cl5FN3O2. The van der Waals surface area contributed by atoms with Crippen molar-refractivity contribution in [1.82, 2.24) is 9.55 Å². The number of hydrogen-bond acceptors (Lipinski definition) is 3. The van der Waals surface area contributed by atoms with E-state index >= 15 is 0 Å². The van der Waals surface area contributed by atoms with Crippen LogP contribution in [0.2, 0.25) is 0 Å². The van der Waals surface area contributed by atoms with Gasteiger partial charge in [-0.1, -0.05) is 58.5 Å². The van der Waals surface area contributed by atoms with Crippen molar-refractivity contribution in [3.05, 3.63) is 35.3 Å². The van der Waals surface area contributed by atoms with E-state index in [0.717, 1.165) is 11.0 Å². The second-order valence-corrected chi connectivity index (χ2v) is 8.39. The summed E-state index contributed by atoms with van der Waals surface area (Å²) in [4.78, 5) is 17.2. The van der Waals surface area contributed by atoms with Crippen molar-refractivity contribution in [3.63, 3.8) is 0 Å². The van der Waals surface area contributed by atoms with Crippen molar-refractivity contribution in [3.8, 4) is 0 Å². The van der Waals surface area contributed by atoms with Gasteiger partial charge < -0.3 is 5.21 Å². The average Bonchev–Trinajstić information content (AvgIpc) is 2.70. The second kappa shape index (κ2) is 7.11. The summed E-state index contributed by atoms with van der Waals surface area (Å²) in [6.07, 6.45) is 0. The molecule has 132 valence electrons. The fourth-order valence-electron chi connectivity index (χ4n) is 2.18. The number of alkyl halides is 5. The number of aliphatic imine (C=N–C) groups is 1. The van der Waals surface area contributed by atoms with E-state index < -0.39 is 36.9 Å². The van der Waals surface area contributed by atoms with Crippen molar-refractivity contribution in [2.24, 2.45) is 4.99 Å². The van der Waals surface area contributed by atoms with E-state index in [1.165, 1.54) is 25.2 Å². The van der Waals surface area contributed by atoms with Crippen LogP contribution in [0.3, 0.4) is 0 Å². The van der Waals surface area contributed by atoms with Gasteiger partial charge in [-0.25, -0.2) is 9.38 Å². The van der Waals surface area contributed by atoms with E-state index in [-0.39, 0.29) is 12.4 Å². The maximum atomic E-state index is 14.1. The summed E-state index contributed by atoms with van der Waals surface area (Å²) in [6.45, 7) is -0.372. The molecule has 1 amide bonds. The highest BCUT2D eigenvalue weighted by molar-refractivity contribution is 6.70. The molecule has 1 saturated heterocycles. The number of hydroxylamine groups is 2. The monoisotopic (exact) mass is 435 g/mol. The largest absolute Gasteiger partial charge is 0.619 e. The van der Waals surface area contributed by atoms with E-state index in [9.17, 15) is 14.4 Å². The lowest BCUT2D eigenvalue weighted by molar-refractivity contribution is -0.121. The Bertz CT molecular complexity index is 684. The molecule has 0 bridgehead atoms. The molecule has 24 heavy (non-hydrogen) atoms. The lowest BCUT2D eigenvalue weighted by Gasteiger charge is -2.36. The minimum Gasteiger partial charge on any atom is -0.619 e. The van der Waals surface area contributed by atoms with Crippen LogP contribution in [0.15, 0.2) is 29.3 Å². The third-order valence-corrected chi connectivity index (χ3v) is 5.42. The summed E-state index contributed by atoms with van der Waals surface area (Å²) < 4.78 is 10.7. The van der Waals surface area contributed by atoms with Gasteiger partial charge in [0, 0.05) is 13.1 Å². The summed E-state index contributed by atoms with van der Waals surface area (Å²) in [7, 11) is 1.38. The van der Waals surface area contributed by atoms with Crippen LogP contribution in [0.5, 0.6) is 0 Å². The molecule has 2 rings (SSSR count). The van der Waals surface area contributed by atoms with E-state index in [1.807, 2.05) is 0 Å². The molecule has 1 heterocycles. The van der Waals surface area contributed by atoms with Crippen molar-refractivity contribution >= 4 is 75.4 Å². The van der Waals surface area contributed by atoms with Gasteiger partial charge in [0.15, 0.2) is 23.7 Å². The van der Waals surface area contributed by atoms with Gasteiger partial charge in [0.05, 0.1) is 0 Å². The Balaban J connectivity index is 2.51. The maximum Gasteiger partial charge on any atom is 0.333 e. The number of halogens is 6. The van der Waals surface area contributed by atoms with Gasteiger partial charge >= 0.3 is 5.91 Å². The number of likely N-dealkylation sites (N-methyl/N-ethyl adjacent to an activating group) is 1. The number of hydrogen-bond donors (Lipinski definition) is 0. The third-order valence-electron chi connectivity index (χ3n) is 3.33. The summed E-state index contributed by atoms with van der Waals surface area (Å²) in [5, 5.41) is 11.9. The molecule has 1 aromatic rings. The topological polar surface area (TPSA) is 55.7 Å². The number of amides is 1. The van der Waals surface area contributed by atoms with Crippen LogP contribution in [0.4, 0.5) is 10.1 Å². The molecule has 1 aromatic carbocycles. The van der Waals surface area contributed by atoms with Crippen molar-refractivity contribution < 1.29 is 9.18 Å². The fraction of sp³-hybridized carbons (Fsp3) is 0.385. The number of para-hydroxylation sites is 1. The second-order valence-electron chi connectivity index (χ2n) is 5.10. The molecule has 5 nitrogen and oxygen atoms in total. The Morgan fingerprint density at radius 1 is 1.33 bits per heavy atom. The van der Waals surface area contributed by atoms with Crippen LogP contribution in [-0.4, -0.2) is 45.0 Å². The van der Waals surface area contributed by atoms with Gasteiger partial charge in [-0.3, -0.25) is 14.3 Å². The number of carbonyl (C=O) groups is 1. The Morgan fingerprint density at radius 2 is 1.92 bits per heavy atom. The van der Waals surface area contributed by atoms with Gasteiger partial charge in [0.1, 0.15) is 5.38 Å². The number of quaternary nitrogens is 1. The molecule has 0 spiro atoms. The fourth-order valence-corrected chi connectivity index (χ4v) is 3.07. The molecule has 0 radical (unpaired) electrons. The molecule has 1 aliphatic rings. The standard InChI is InChI=1S/C13H11Cl5FN3O2/c1-21-6-22(24,8-5-3-2-4-7(8)19)11(12(21)23)20-10(15)9(14)13(16,17)18/h2-5,9-10H,6H2,1H3/b20-11-. The van der Waals surface area contributed by atoms with Gasteiger partial charge in [-0.15, -0.1) is 11.6 Å². The molecule has 0 aromatic heterocycles. The zero-order valence-electron chi connectivity index (χ0n) is 12.1. The molecule has 1 fully saturated rings. The lowest BCUT2D eigenvalue weighted by atomic mass is 10.2. The molecule has 1 aliphatic heterocycles. The smallest absolute Gasteiger partial charge is 0.333 e. The number of rotatable bonds is 3. The third kappa shape index (κ3) is 3.75. The minimum absolute atomic E-state index is 0.280. The van der Waals surface area contributed by atoms with Crippen LogP contribution >= 0.6 is 58.0 Å². The van der Waals surface area contributed by atoms with Crippen LogP contribution in [0.1, 0.15) is 0 Å². The van der Waals surface area contributed by atoms with Crippen molar-refractivity contribution in [2.45, 2.75) is 14.7 Å². The minimum atomic E-state index is -1.97. The first kappa shape index (κ1) is 20.0. The average molecular weight is 438 g/mol. The molecule has 11 heteroatoms. The molecule has 0 saturated carbocycles. The van der Waals surface area contributed by atoms with E-state index in [4.69, 9.17) is 58.0 Å². The van der Waals surface area contributed by atoms with Crippen LogP contribution in [0.25, 0.3) is 0 Å². The quantitative estimate of drug-likeness (QED) is 0.311. The zero-order valence-corrected chi connectivity index (χ0v) is 15.9. The Kier molecular flexibility index (Phi) is 5.92. The van der Waals surface area contributed by atoms with Gasteiger partial charge in [-0.2, -0.15) is 0 Å². The molecular weight excluding hydrogens is 426 g/mol. The summed E-state index contributed by atoms with van der Waals surface area (Å²) in [6, 6.07) is 5.27. The number of benzene rings is 1. The number of amidine groups is 1. The van der Waals surface area contributed by atoms with E-state index in [0.29, 0.717) is 0 Å². The van der Waals surface area contributed by atoms with Crippen molar-refractivity contribution in [1.29, 1.82) is 0 Å². The molecule has 3 unspecified atom stereocenters. The first-order valence-corrected chi connectivity index (χ1v) is 8.52. The summed E-state index contributed by atoms with van der Waals surface area (Å²) in [5.74, 6) is -2.03. The Morgan fingerprint density at radius 3 is 2.46 bits per heavy atom. The van der Waals surface area contributed by atoms with Gasteiger partial charge in [0.2, 0.25) is 3.79 Å². The number of nitrogens with zero attached hydrogens (tertiary/aromatic N) is 3. The van der Waals surface area contributed by atoms with Crippen LogP contribution in [-0.2, 0) is 4.79 Å². The number of carbonyl (C=O) groups excluding carboxylic acids is 1. The Labute approximate surface area is 162 Å². The Hall–Kier alpha value is -0.340. The summed E-state index contributed by atoms with van der Waals surface area (Å²) in [5.41, 5.74) is -1.67. The van der Waals surface area contributed by atoms with Crippen LogP contribution < -0.4 is 4.65 Å². The van der Waals surface area contributed by atoms with Gasteiger partial charge in [-0.05, 0) is 6.07 Å². The molecule has 3 atom stereocenters. The predicted molar refractivity (Wildman–Crippen MR) is 96.2 cm³/mol. The first-order valence-electron chi connectivity index (χ1n) is 6.51. The lowest BCUT2D eigenvalue weighted by Crippen LogP contribution is -2.48. The highest BCUT2D eigenvalue weighted by Crippen LogP contribution is 2.38. The summed E-state index contributed by atoms with van der Waals surface area (Å²) >= 11 is 28.8. The normalized spacial score (nSPS) is 26.1. The van der Waals surface area contributed by atoms with E-state index in [2.05, 4.69) is 4.99 Å². The van der Waals surface area contributed by atoms with Crippen LogP contribution in [0, 0.1) is 11.0 Å². The van der Waals surface area contributed by atoms with Crippen molar-refractivity contribution in [2.75, 3.05) is 13.7 Å². The van der Waals surface area contributed by atoms with Gasteiger partial charge in [0.25, 0.3) is 5.84 Å². The maximum absolute atomic E-state index is 14.1. The first-order chi connectivity index (χ1) is 11.0. The molecule has 0 aliphatic carbocycles. The zero-order chi connectivity index (χ0) is 18.3. The van der Waals surface area contributed by atoms with E-state index in [1.54, 1.807) is 0 Å².